The maximum atomic E-state index is 5.87. The third-order valence-corrected chi connectivity index (χ3v) is 2.85. The quantitative estimate of drug-likeness (QED) is 0.551. The lowest BCUT2D eigenvalue weighted by Crippen LogP contribution is -2.27. The SMILES string of the molecule is C/C=c1\cccc2c1=Cc1ccccc1O2. The van der Waals surface area contributed by atoms with E-state index in [-0.39, 0.29) is 0 Å². The van der Waals surface area contributed by atoms with Crippen LogP contribution in [-0.2, 0) is 0 Å². The number of ether oxygens (including phenoxy) is 1. The van der Waals surface area contributed by atoms with Crippen molar-refractivity contribution in [1.82, 2.24) is 0 Å². The smallest absolute Gasteiger partial charge is 0.135 e. The van der Waals surface area contributed by atoms with Gasteiger partial charge in [-0.1, -0.05) is 36.4 Å². The summed E-state index contributed by atoms with van der Waals surface area (Å²) < 4.78 is 5.87. The molecule has 1 aliphatic heterocycles. The van der Waals surface area contributed by atoms with E-state index in [0.717, 1.165) is 17.1 Å². The van der Waals surface area contributed by atoms with Gasteiger partial charge < -0.3 is 4.74 Å². The van der Waals surface area contributed by atoms with Crippen molar-refractivity contribution in [3.63, 3.8) is 0 Å². The molecule has 0 saturated heterocycles. The standard InChI is InChI=1S/C15H12O/c1-2-11-7-5-9-15-13(11)10-12-6-3-4-8-14(12)16-15/h2-10H,1H3/b11-2+. The lowest BCUT2D eigenvalue weighted by atomic mass is 10.1. The van der Waals surface area contributed by atoms with Crippen LogP contribution in [0.15, 0.2) is 42.5 Å². The number of benzene rings is 2. The molecule has 0 bridgehead atoms. The van der Waals surface area contributed by atoms with Gasteiger partial charge in [-0.05, 0) is 30.4 Å². The average molecular weight is 208 g/mol. The minimum Gasteiger partial charge on any atom is -0.456 e. The van der Waals surface area contributed by atoms with Gasteiger partial charge in [0.05, 0.1) is 0 Å². The Bertz CT molecular complexity index is 653. The first-order chi connectivity index (χ1) is 7.88. The van der Waals surface area contributed by atoms with Crippen LogP contribution in [0.2, 0.25) is 0 Å². The van der Waals surface area contributed by atoms with Crippen LogP contribution in [0.5, 0.6) is 11.5 Å². The van der Waals surface area contributed by atoms with Crippen molar-refractivity contribution in [3.8, 4) is 11.5 Å². The van der Waals surface area contributed by atoms with Crippen molar-refractivity contribution in [2.24, 2.45) is 0 Å². The Hall–Kier alpha value is -2.02. The number of para-hydroxylation sites is 1. The maximum absolute atomic E-state index is 5.87. The predicted molar refractivity (Wildman–Crippen MR) is 65.9 cm³/mol. The first kappa shape index (κ1) is 9.22. The van der Waals surface area contributed by atoms with Crippen LogP contribution < -0.4 is 15.2 Å². The molecule has 0 atom stereocenters. The molecule has 16 heavy (non-hydrogen) atoms. The van der Waals surface area contributed by atoms with Gasteiger partial charge in [0.1, 0.15) is 11.5 Å². The minimum absolute atomic E-state index is 0.934. The van der Waals surface area contributed by atoms with Crippen molar-refractivity contribution in [3.05, 3.63) is 58.5 Å². The predicted octanol–water partition coefficient (Wildman–Crippen LogP) is 2.42. The van der Waals surface area contributed by atoms with Crippen LogP contribution in [0.1, 0.15) is 12.5 Å². The first-order valence-corrected chi connectivity index (χ1v) is 5.42. The third-order valence-electron chi connectivity index (χ3n) is 2.85. The normalized spacial score (nSPS) is 13.4. The van der Waals surface area contributed by atoms with E-state index < -0.39 is 0 Å². The molecule has 78 valence electrons. The molecule has 0 amide bonds. The molecule has 0 spiro atoms. The van der Waals surface area contributed by atoms with Crippen molar-refractivity contribution < 1.29 is 4.74 Å². The van der Waals surface area contributed by atoms with Crippen LogP contribution in [0.25, 0.3) is 12.2 Å². The number of hydrogen-bond acceptors (Lipinski definition) is 1. The molecule has 1 heteroatoms. The average Bonchev–Trinajstić information content (AvgIpc) is 2.35. The van der Waals surface area contributed by atoms with E-state index in [1.807, 2.05) is 37.3 Å². The first-order valence-electron chi connectivity index (χ1n) is 5.42. The number of rotatable bonds is 0. The molecule has 0 unspecified atom stereocenters. The van der Waals surface area contributed by atoms with Crippen molar-refractivity contribution in [2.45, 2.75) is 6.92 Å². The fourth-order valence-corrected chi connectivity index (χ4v) is 2.02. The van der Waals surface area contributed by atoms with Crippen LogP contribution in [0.3, 0.4) is 0 Å². The third kappa shape index (κ3) is 1.33. The van der Waals surface area contributed by atoms with E-state index >= 15 is 0 Å². The fraction of sp³-hybridized carbons (Fsp3) is 0.0667. The van der Waals surface area contributed by atoms with Crippen LogP contribution in [0, 0.1) is 0 Å². The van der Waals surface area contributed by atoms with Crippen LogP contribution in [-0.4, -0.2) is 0 Å². The van der Waals surface area contributed by atoms with Gasteiger partial charge in [-0.25, -0.2) is 0 Å². The molecule has 0 aliphatic carbocycles. The molecular formula is C15H12O. The molecule has 0 fully saturated rings. The summed E-state index contributed by atoms with van der Waals surface area (Å²) in [6.07, 6.45) is 4.29. The molecule has 0 aromatic heterocycles. The Labute approximate surface area is 94.3 Å². The number of fused-ring (bicyclic) bond motifs is 2. The molecule has 0 N–H and O–H groups in total. The lowest BCUT2D eigenvalue weighted by Gasteiger charge is -2.14. The zero-order chi connectivity index (χ0) is 11.0. The van der Waals surface area contributed by atoms with E-state index in [0.29, 0.717) is 0 Å². The summed E-state index contributed by atoms with van der Waals surface area (Å²) in [4.78, 5) is 0. The minimum atomic E-state index is 0.934. The number of hydrogen-bond donors (Lipinski definition) is 0. The monoisotopic (exact) mass is 208 g/mol. The van der Waals surface area contributed by atoms with Crippen molar-refractivity contribution in [2.75, 3.05) is 0 Å². The molecule has 0 radical (unpaired) electrons. The summed E-state index contributed by atoms with van der Waals surface area (Å²) >= 11 is 0. The highest BCUT2D eigenvalue weighted by atomic mass is 16.5. The van der Waals surface area contributed by atoms with E-state index in [1.54, 1.807) is 0 Å². The Morgan fingerprint density at radius 1 is 0.938 bits per heavy atom. The van der Waals surface area contributed by atoms with Gasteiger partial charge in [-0.3, -0.25) is 0 Å². The highest BCUT2D eigenvalue weighted by Crippen LogP contribution is 2.26. The second-order valence-electron chi connectivity index (χ2n) is 3.83. The zero-order valence-electron chi connectivity index (χ0n) is 9.10. The van der Waals surface area contributed by atoms with Gasteiger partial charge in [-0.15, -0.1) is 0 Å². The van der Waals surface area contributed by atoms with Crippen molar-refractivity contribution in [1.29, 1.82) is 0 Å². The highest BCUT2D eigenvalue weighted by molar-refractivity contribution is 5.63. The summed E-state index contributed by atoms with van der Waals surface area (Å²) in [5.41, 5.74) is 1.14. The van der Waals surface area contributed by atoms with Gasteiger partial charge in [0.2, 0.25) is 0 Å². The summed E-state index contributed by atoms with van der Waals surface area (Å²) in [6, 6.07) is 14.2. The molecule has 2 aromatic carbocycles. The van der Waals surface area contributed by atoms with Crippen LogP contribution >= 0.6 is 0 Å². The lowest BCUT2D eigenvalue weighted by molar-refractivity contribution is 0.473. The topological polar surface area (TPSA) is 9.23 Å². The molecule has 1 aliphatic rings. The fourth-order valence-electron chi connectivity index (χ4n) is 2.02. The second kappa shape index (κ2) is 3.53. The maximum Gasteiger partial charge on any atom is 0.135 e. The second-order valence-corrected chi connectivity index (χ2v) is 3.83. The van der Waals surface area contributed by atoms with Crippen LogP contribution in [0.4, 0.5) is 0 Å². The van der Waals surface area contributed by atoms with Gasteiger partial charge in [0.25, 0.3) is 0 Å². The molecule has 1 nitrogen and oxygen atoms in total. The molecule has 1 heterocycles. The zero-order valence-corrected chi connectivity index (χ0v) is 9.10. The van der Waals surface area contributed by atoms with E-state index in [2.05, 4.69) is 24.3 Å². The van der Waals surface area contributed by atoms with E-state index in [4.69, 9.17) is 4.74 Å². The summed E-state index contributed by atoms with van der Waals surface area (Å²) in [6.45, 7) is 2.05. The summed E-state index contributed by atoms with van der Waals surface area (Å²) in [7, 11) is 0. The van der Waals surface area contributed by atoms with E-state index in [9.17, 15) is 0 Å². The van der Waals surface area contributed by atoms with Gasteiger partial charge in [0.15, 0.2) is 0 Å². The Morgan fingerprint density at radius 3 is 2.62 bits per heavy atom. The summed E-state index contributed by atoms with van der Waals surface area (Å²) in [5.74, 6) is 1.87. The molecule has 2 aromatic rings. The summed E-state index contributed by atoms with van der Waals surface area (Å²) in [5, 5.41) is 2.38. The Balaban J connectivity index is 2.40. The van der Waals surface area contributed by atoms with Crippen molar-refractivity contribution >= 4 is 12.2 Å². The Kier molecular flexibility index (Phi) is 2.03. The molecular weight excluding hydrogens is 196 g/mol. The van der Waals surface area contributed by atoms with Gasteiger partial charge in [-0.2, -0.15) is 0 Å². The van der Waals surface area contributed by atoms with Gasteiger partial charge >= 0.3 is 0 Å². The molecule has 0 saturated carbocycles. The largest absolute Gasteiger partial charge is 0.456 e. The van der Waals surface area contributed by atoms with E-state index in [1.165, 1.54) is 10.4 Å². The molecule has 3 rings (SSSR count). The van der Waals surface area contributed by atoms with Gasteiger partial charge in [0, 0.05) is 10.8 Å². The Morgan fingerprint density at radius 2 is 1.75 bits per heavy atom. The highest BCUT2D eigenvalue weighted by Gasteiger charge is 2.09.